The maximum absolute atomic E-state index is 13.9. The number of benzene rings is 3. The Morgan fingerprint density at radius 1 is 0.951 bits per heavy atom. The summed E-state index contributed by atoms with van der Waals surface area (Å²) in [6.45, 7) is 9.67. The highest BCUT2D eigenvalue weighted by Gasteiger charge is 2.22. The number of para-hydroxylation sites is 1. The molecule has 0 aliphatic heterocycles. The molecule has 41 heavy (non-hydrogen) atoms. The van der Waals surface area contributed by atoms with Crippen LogP contribution in [0.1, 0.15) is 55.5 Å². The number of carbonyl (C=O) groups excluding carboxylic acids is 1. The summed E-state index contributed by atoms with van der Waals surface area (Å²) in [5.41, 5.74) is 5.63. The Kier molecular flexibility index (Phi) is 10.7. The molecule has 6 heteroatoms. The molecule has 0 fully saturated rings. The molecule has 0 radical (unpaired) electrons. The lowest BCUT2D eigenvalue weighted by atomic mass is 9.87. The first-order valence-corrected chi connectivity index (χ1v) is 14.6. The molecule has 3 aromatic carbocycles. The first kappa shape index (κ1) is 30.5. The monoisotopic (exact) mass is 555 g/mol. The summed E-state index contributed by atoms with van der Waals surface area (Å²) < 4.78 is 5.27. The number of fused-ring (bicyclic) bond motifs is 1. The average Bonchev–Trinajstić information content (AvgIpc) is 3.38. The lowest BCUT2D eigenvalue weighted by Crippen LogP contribution is -2.42. The molecule has 0 aliphatic rings. The van der Waals surface area contributed by atoms with E-state index in [-0.39, 0.29) is 17.9 Å². The molecule has 1 amide bonds. The summed E-state index contributed by atoms with van der Waals surface area (Å²) in [4.78, 5) is 21.3. The van der Waals surface area contributed by atoms with E-state index in [2.05, 4.69) is 79.3 Å². The fourth-order valence-corrected chi connectivity index (χ4v) is 5.20. The summed E-state index contributed by atoms with van der Waals surface area (Å²) >= 11 is 0. The van der Waals surface area contributed by atoms with Gasteiger partial charge in [-0.05, 0) is 46.6 Å². The van der Waals surface area contributed by atoms with E-state index in [0.717, 1.165) is 29.5 Å². The Morgan fingerprint density at radius 3 is 2.37 bits per heavy atom. The van der Waals surface area contributed by atoms with E-state index in [1.54, 1.807) is 7.11 Å². The van der Waals surface area contributed by atoms with Crippen molar-refractivity contribution < 1.29 is 14.6 Å². The zero-order valence-corrected chi connectivity index (χ0v) is 25.0. The van der Waals surface area contributed by atoms with Gasteiger partial charge >= 0.3 is 0 Å². The number of amides is 1. The molecule has 218 valence electrons. The van der Waals surface area contributed by atoms with Crippen molar-refractivity contribution in [2.75, 3.05) is 39.9 Å². The van der Waals surface area contributed by atoms with Crippen LogP contribution >= 0.6 is 0 Å². The van der Waals surface area contributed by atoms with Crippen molar-refractivity contribution in [3.63, 3.8) is 0 Å². The van der Waals surface area contributed by atoms with Gasteiger partial charge in [-0.25, -0.2) is 0 Å². The van der Waals surface area contributed by atoms with Crippen LogP contribution in [-0.4, -0.2) is 65.7 Å². The van der Waals surface area contributed by atoms with E-state index in [0.29, 0.717) is 32.8 Å². The van der Waals surface area contributed by atoms with Crippen LogP contribution in [0.5, 0.6) is 0 Å². The number of hydrogen-bond donors (Lipinski definition) is 2. The second-order valence-corrected chi connectivity index (χ2v) is 11.9. The zero-order valence-electron chi connectivity index (χ0n) is 25.0. The summed E-state index contributed by atoms with van der Waals surface area (Å²) in [5, 5.41) is 12.1. The molecule has 1 unspecified atom stereocenters. The van der Waals surface area contributed by atoms with Gasteiger partial charge in [0.1, 0.15) is 0 Å². The minimum absolute atomic E-state index is 0.0578. The number of nitrogens with zero attached hydrogens (tertiary/aromatic N) is 2. The van der Waals surface area contributed by atoms with Crippen molar-refractivity contribution in [1.29, 1.82) is 0 Å². The van der Waals surface area contributed by atoms with Crippen LogP contribution in [0.2, 0.25) is 0 Å². The van der Waals surface area contributed by atoms with Gasteiger partial charge in [0.15, 0.2) is 0 Å². The summed E-state index contributed by atoms with van der Waals surface area (Å²) in [5.74, 6) is 0.0578. The van der Waals surface area contributed by atoms with E-state index in [1.165, 1.54) is 16.5 Å². The second-order valence-electron chi connectivity index (χ2n) is 11.9. The molecule has 0 bridgehead atoms. The van der Waals surface area contributed by atoms with Gasteiger partial charge in [0.05, 0.1) is 12.6 Å². The molecule has 0 aliphatic carbocycles. The molecule has 6 nitrogen and oxygen atoms in total. The van der Waals surface area contributed by atoms with Crippen LogP contribution in [0, 0.1) is 0 Å². The first-order chi connectivity index (χ1) is 19.7. The molecule has 1 heterocycles. The average molecular weight is 556 g/mol. The first-order valence-electron chi connectivity index (χ1n) is 14.6. The van der Waals surface area contributed by atoms with E-state index >= 15 is 0 Å². The molecule has 4 aromatic rings. The summed E-state index contributed by atoms with van der Waals surface area (Å²) in [6.07, 6.45) is 2.93. The van der Waals surface area contributed by atoms with Crippen molar-refractivity contribution in [3.8, 4) is 0 Å². The molecular weight excluding hydrogens is 510 g/mol. The number of aliphatic hydroxyl groups excluding tert-OH is 1. The van der Waals surface area contributed by atoms with Crippen molar-refractivity contribution in [3.05, 3.63) is 107 Å². The third kappa shape index (κ3) is 8.77. The van der Waals surface area contributed by atoms with Gasteiger partial charge in [0.2, 0.25) is 5.91 Å². The number of rotatable bonds is 14. The fourth-order valence-electron chi connectivity index (χ4n) is 5.20. The van der Waals surface area contributed by atoms with Crippen LogP contribution in [-0.2, 0) is 27.9 Å². The lowest BCUT2D eigenvalue weighted by molar-refractivity contribution is -0.133. The van der Waals surface area contributed by atoms with E-state index in [1.807, 2.05) is 41.3 Å². The highest BCUT2D eigenvalue weighted by molar-refractivity contribution is 5.83. The normalized spacial score (nSPS) is 12.6. The van der Waals surface area contributed by atoms with Gasteiger partial charge in [0.25, 0.3) is 0 Å². The van der Waals surface area contributed by atoms with Gasteiger partial charge < -0.3 is 19.7 Å². The minimum Gasteiger partial charge on any atom is -0.387 e. The third-order valence-corrected chi connectivity index (χ3v) is 7.67. The van der Waals surface area contributed by atoms with Crippen LogP contribution in [0.4, 0.5) is 0 Å². The lowest BCUT2D eigenvalue weighted by Gasteiger charge is -2.29. The number of H-pyrrole nitrogens is 1. The summed E-state index contributed by atoms with van der Waals surface area (Å²) in [7, 11) is 1.69. The van der Waals surface area contributed by atoms with E-state index in [9.17, 15) is 9.90 Å². The van der Waals surface area contributed by atoms with Crippen molar-refractivity contribution in [2.45, 2.75) is 51.7 Å². The van der Waals surface area contributed by atoms with Crippen LogP contribution in [0.25, 0.3) is 10.9 Å². The van der Waals surface area contributed by atoms with Crippen molar-refractivity contribution >= 4 is 16.8 Å². The Balaban J connectivity index is 1.51. The van der Waals surface area contributed by atoms with Gasteiger partial charge in [-0.15, -0.1) is 0 Å². The summed E-state index contributed by atoms with van der Waals surface area (Å²) in [6, 6.07) is 26.6. The third-order valence-electron chi connectivity index (χ3n) is 7.67. The number of nitrogens with one attached hydrogen (secondary N) is 1. The second kappa shape index (κ2) is 14.4. The Morgan fingerprint density at radius 2 is 1.66 bits per heavy atom. The SMILES string of the molecule is COCCCN(CC(=O)N(CCc1c[nH]c2ccccc12)Cc1ccc(C(C)(C)C)cc1)CC(O)c1ccccc1. The highest BCUT2D eigenvalue weighted by atomic mass is 16.5. The van der Waals surface area contributed by atoms with E-state index < -0.39 is 6.10 Å². The standard InChI is InChI=1S/C35H45N3O3/c1-35(2,3)30-17-15-27(16-18-30)24-38(21-19-29-23-36-32-14-9-8-13-31(29)32)34(40)26-37(20-10-22-41-4)25-33(39)28-11-6-5-7-12-28/h5-9,11-18,23,33,36,39H,10,19-22,24-26H2,1-4H3. The Hall–Kier alpha value is -3.45. The molecule has 0 saturated heterocycles. The van der Waals surface area contributed by atoms with Gasteiger partial charge in [-0.1, -0.05) is 93.6 Å². The zero-order chi connectivity index (χ0) is 29.2. The predicted octanol–water partition coefficient (Wildman–Crippen LogP) is 6.11. The van der Waals surface area contributed by atoms with Crippen LogP contribution in [0.3, 0.4) is 0 Å². The Bertz CT molecular complexity index is 1360. The maximum Gasteiger partial charge on any atom is 0.237 e. The van der Waals surface area contributed by atoms with Crippen LogP contribution in [0.15, 0.2) is 85.1 Å². The molecule has 0 spiro atoms. The topological polar surface area (TPSA) is 68.8 Å². The number of aliphatic hydroxyl groups is 1. The predicted molar refractivity (Wildman–Crippen MR) is 167 cm³/mol. The van der Waals surface area contributed by atoms with Gasteiger partial charge in [-0.2, -0.15) is 0 Å². The van der Waals surface area contributed by atoms with Gasteiger partial charge in [0, 0.05) is 57.0 Å². The molecule has 4 rings (SSSR count). The fraction of sp³-hybridized carbons (Fsp3) is 0.400. The van der Waals surface area contributed by atoms with Crippen LogP contribution < -0.4 is 0 Å². The molecule has 1 aromatic heterocycles. The minimum atomic E-state index is -0.670. The molecular formula is C35H45N3O3. The number of hydrogen-bond acceptors (Lipinski definition) is 4. The van der Waals surface area contributed by atoms with E-state index in [4.69, 9.17) is 4.74 Å². The maximum atomic E-state index is 13.9. The molecule has 2 N–H and O–H groups in total. The van der Waals surface area contributed by atoms with Crippen molar-refractivity contribution in [1.82, 2.24) is 14.8 Å². The Labute approximate surface area is 244 Å². The molecule has 0 saturated carbocycles. The number of methoxy groups -OCH3 is 1. The number of carbonyl (C=O) groups is 1. The molecule has 1 atom stereocenters. The highest BCUT2D eigenvalue weighted by Crippen LogP contribution is 2.23. The smallest absolute Gasteiger partial charge is 0.237 e. The van der Waals surface area contributed by atoms with Crippen molar-refractivity contribution in [2.24, 2.45) is 0 Å². The quantitative estimate of drug-likeness (QED) is 0.184. The van der Waals surface area contributed by atoms with Gasteiger partial charge in [-0.3, -0.25) is 9.69 Å². The number of ether oxygens (including phenoxy) is 1. The number of aromatic amines is 1. The number of aromatic nitrogens is 1. The largest absolute Gasteiger partial charge is 0.387 e.